The molecule has 1 atom stereocenters. The molecule has 0 aromatic heterocycles. The quantitative estimate of drug-likeness (QED) is 0.780. The van der Waals surface area contributed by atoms with Gasteiger partial charge in [-0.05, 0) is 37.5 Å². The number of hydrogen-bond acceptors (Lipinski definition) is 3. The smallest absolute Gasteiger partial charge is 0.228 e. The van der Waals surface area contributed by atoms with Crippen molar-refractivity contribution < 1.29 is 9.59 Å². The van der Waals surface area contributed by atoms with Crippen molar-refractivity contribution in [1.82, 2.24) is 0 Å². The molecule has 1 aliphatic rings. The van der Waals surface area contributed by atoms with Crippen LogP contribution >= 0.6 is 12.4 Å². The van der Waals surface area contributed by atoms with Crippen molar-refractivity contribution in [3.05, 3.63) is 23.8 Å². The molecule has 6 heteroatoms. The summed E-state index contributed by atoms with van der Waals surface area (Å²) >= 11 is 0. The summed E-state index contributed by atoms with van der Waals surface area (Å²) in [6, 6.07) is 5.51. The molecule has 5 nitrogen and oxygen atoms in total. The molecular weight excluding hydrogens is 290 g/mol. The number of carbonyl (C=O) groups is 2. The minimum absolute atomic E-state index is 0. The summed E-state index contributed by atoms with van der Waals surface area (Å²) in [4.78, 5) is 23.6. The van der Waals surface area contributed by atoms with Crippen molar-refractivity contribution >= 4 is 35.6 Å². The van der Waals surface area contributed by atoms with Crippen molar-refractivity contribution in [1.29, 1.82) is 0 Å². The van der Waals surface area contributed by atoms with Crippen LogP contribution in [-0.4, -0.2) is 18.4 Å². The van der Waals surface area contributed by atoms with Crippen LogP contribution in [0.5, 0.6) is 0 Å². The number of carbonyl (C=O) groups excluding carboxylic acids is 2. The fourth-order valence-corrected chi connectivity index (χ4v) is 1.79. The van der Waals surface area contributed by atoms with E-state index in [4.69, 9.17) is 5.73 Å². The molecule has 0 aliphatic heterocycles. The highest BCUT2D eigenvalue weighted by atomic mass is 35.5. The fraction of sp³-hybridized carbons (Fsp3) is 0.467. The molecule has 4 N–H and O–H groups in total. The Hall–Kier alpha value is -1.59. The molecule has 1 unspecified atom stereocenters. The lowest BCUT2D eigenvalue weighted by Crippen LogP contribution is -2.27. The van der Waals surface area contributed by atoms with Gasteiger partial charge >= 0.3 is 0 Å². The number of nitrogens with one attached hydrogen (secondary N) is 2. The second-order valence-corrected chi connectivity index (χ2v) is 5.42. The van der Waals surface area contributed by atoms with Gasteiger partial charge in [0.2, 0.25) is 11.8 Å². The van der Waals surface area contributed by atoms with Crippen LogP contribution in [-0.2, 0) is 9.59 Å². The topological polar surface area (TPSA) is 84.2 Å². The minimum atomic E-state index is -0.237. The van der Waals surface area contributed by atoms with E-state index in [1.54, 1.807) is 13.0 Å². The largest absolute Gasteiger partial charge is 0.330 e. The Morgan fingerprint density at radius 1 is 1.33 bits per heavy atom. The standard InChI is InChI=1S/C15H21N3O2.ClH/c1-9-3-6-12(17-15(20)11-4-5-11)7-13(9)18-14(19)10(2)8-16;/h3,6-7,10-11H,4-5,8,16H2,1-2H3,(H,17,20)(H,18,19);1H. The Morgan fingerprint density at radius 3 is 2.57 bits per heavy atom. The molecule has 0 bridgehead atoms. The molecule has 21 heavy (non-hydrogen) atoms. The van der Waals surface area contributed by atoms with Gasteiger partial charge in [-0.15, -0.1) is 12.4 Å². The fourth-order valence-electron chi connectivity index (χ4n) is 1.79. The molecule has 1 aromatic carbocycles. The Labute approximate surface area is 131 Å². The van der Waals surface area contributed by atoms with Gasteiger partial charge in [0.25, 0.3) is 0 Å². The lowest BCUT2D eigenvalue weighted by Gasteiger charge is -2.14. The van der Waals surface area contributed by atoms with Crippen molar-refractivity contribution in [3.8, 4) is 0 Å². The van der Waals surface area contributed by atoms with Crippen LogP contribution in [0.25, 0.3) is 0 Å². The van der Waals surface area contributed by atoms with Gasteiger partial charge in [-0.1, -0.05) is 13.0 Å². The van der Waals surface area contributed by atoms with Gasteiger partial charge in [-0.25, -0.2) is 0 Å². The van der Waals surface area contributed by atoms with Gasteiger partial charge in [0.15, 0.2) is 0 Å². The molecule has 116 valence electrons. The number of amides is 2. The summed E-state index contributed by atoms with van der Waals surface area (Å²) in [5.74, 6) is -0.131. The van der Waals surface area contributed by atoms with Crippen LogP contribution in [0.3, 0.4) is 0 Å². The predicted octanol–water partition coefficient (Wildman–Crippen LogP) is 2.30. The van der Waals surface area contributed by atoms with E-state index in [0.29, 0.717) is 17.9 Å². The van der Waals surface area contributed by atoms with Gasteiger partial charge in [-0.2, -0.15) is 0 Å². The molecule has 0 radical (unpaired) electrons. The molecule has 1 fully saturated rings. The van der Waals surface area contributed by atoms with E-state index in [2.05, 4.69) is 10.6 Å². The molecule has 0 saturated heterocycles. The molecule has 0 heterocycles. The summed E-state index contributed by atoms with van der Waals surface area (Å²) in [5.41, 5.74) is 7.86. The maximum absolute atomic E-state index is 11.9. The van der Waals surface area contributed by atoms with Gasteiger partial charge in [0, 0.05) is 29.8 Å². The number of hydrogen-bond donors (Lipinski definition) is 3. The van der Waals surface area contributed by atoms with Crippen LogP contribution in [0.15, 0.2) is 18.2 Å². The van der Waals surface area contributed by atoms with Crippen LogP contribution in [0, 0.1) is 18.8 Å². The second-order valence-electron chi connectivity index (χ2n) is 5.42. The van der Waals surface area contributed by atoms with E-state index in [-0.39, 0.29) is 36.1 Å². The first kappa shape index (κ1) is 17.5. The maximum Gasteiger partial charge on any atom is 0.228 e. The first-order chi connectivity index (χ1) is 9.51. The highest BCUT2D eigenvalue weighted by Gasteiger charge is 2.29. The van der Waals surface area contributed by atoms with Gasteiger partial charge in [0.1, 0.15) is 0 Å². The zero-order chi connectivity index (χ0) is 14.7. The summed E-state index contributed by atoms with van der Waals surface area (Å²) in [7, 11) is 0. The average molecular weight is 312 g/mol. The minimum Gasteiger partial charge on any atom is -0.330 e. The highest BCUT2D eigenvalue weighted by molar-refractivity contribution is 5.97. The van der Waals surface area contributed by atoms with Crippen molar-refractivity contribution in [3.63, 3.8) is 0 Å². The van der Waals surface area contributed by atoms with Gasteiger partial charge in [-0.3, -0.25) is 9.59 Å². The SMILES string of the molecule is Cc1ccc(NC(=O)C2CC2)cc1NC(=O)C(C)CN.Cl. The van der Waals surface area contributed by atoms with Crippen molar-refractivity contribution in [2.24, 2.45) is 17.6 Å². The molecule has 2 amide bonds. The third kappa shape index (κ3) is 4.72. The number of rotatable bonds is 5. The summed E-state index contributed by atoms with van der Waals surface area (Å²) < 4.78 is 0. The number of benzene rings is 1. The number of halogens is 1. The lowest BCUT2D eigenvalue weighted by atomic mass is 10.1. The zero-order valence-electron chi connectivity index (χ0n) is 12.3. The predicted molar refractivity (Wildman–Crippen MR) is 86.6 cm³/mol. The molecule has 1 aromatic rings. The van der Waals surface area contributed by atoms with E-state index < -0.39 is 0 Å². The van der Waals surface area contributed by atoms with E-state index in [0.717, 1.165) is 18.4 Å². The van der Waals surface area contributed by atoms with Crippen molar-refractivity contribution in [2.45, 2.75) is 26.7 Å². The maximum atomic E-state index is 11.9. The van der Waals surface area contributed by atoms with Crippen LogP contribution in [0.2, 0.25) is 0 Å². The van der Waals surface area contributed by atoms with E-state index >= 15 is 0 Å². The first-order valence-corrected chi connectivity index (χ1v) is 6.93. The molecule has 0 spiro atoms. The molecular formula is C15H22ClN3O2. The molecule has 2 rings (SSSR count). The average Bonchev–Trinajstić information content (AvgIpc) is 3.25. The lowest BCUT2D eigenvalue weighted by molar-refractivity contribution is -0.119. The third-order valence-electron chi connectivity index (χ3n) is 3.51. The van der Waals surface area contributed by atoms with Crippen molar-refractivity contribution in [2.75, 3.05) is 17.2 Å². The Balaban J connectivity index is 0.00000220. The van der Waals surface area contributed by atoms with E-state index in [9.17, 15) is 9.59 Å². The van der Waals surface area contributed by atoms with Crippen LogP contribution in [0.4, 0.5) is 11.4 Å². The second kappa shape index (κ2) is 7.43. The zero-order valence-corrected chi connectivity index (χ0v) is 13.1. The molecule has 1 saturated carbocycles. The number of aryl methyl sites for hydroxylation is 1. The normalized spacial score (nSPS) is 14.8. The summed E-state index contributed by atoms with van der Waals surface area (Å²) in [6.07, 6.45) is 1.94. The van der Waals surface area contributed by atoms with Gasteiger partial charge in [0.05, 0.1) is 0 Å². The highest BCUT2D eigenvalue weighted by Crippen LogP contribution is 2.30. The Morgan fingerprint density at radius 2 is 2.00 bits per heavy atom. The Bertz CT molecular complexity index is 530. The Kier molecular flexibility index (Phi) is 6.18. The van der Waals surface area contributed by atoms with E-state index in [1.807, 2.05) is 19.1 Å². The number of anilines is 2. The molecule has 1 aliphatic carbocycles. The first-order valence-electron chi connectivity index (χ1n) is 6.93. The summed E-state index contributed by atoms with van der Waals surface area (Å²) in [5, 5.41) is 5.72. The van der Waals surface area contributed by atoms with Crippen LogP contribution < -0.4 is 16.4 Å². The van der Waals surface area contributed by atoms with E-state index in [1.165, 1.54) is 0 Å². The van der Waals surface area contributed by atoms with Gasteiger partial charge < -0.3 is 16.4 Å². The number of nitrogens with two attached hydrogens (primary N) is 1. The third-order valence-corrected chi connectivity index (χ3v) is 3.51. The summed E-state index contributed by atoms with van der Waals surface area (Å²) in [6.45, 7) is 4.00. The van der Waals surface area contributed by atoms with Crippen LogP contribution in [0.1, 0.15) is 25.3 Å². The monoisotopic (exact) mass is 311 g/mol.